The zero-order valence-electron chi connectivity index (χ0n) is 12.1. The molecule has 2 fully saturated rings. The molecule has 0 aromatic carbocycles. The van der Waals surface area contributed by atoms with Gasteiger partial charge in [-0.3, -0.25) is 4.79 Å². The highest BCUT2D eigenvalue weighted by atomic mass is 16.2. The molecule has 4 rings (SSSR count). The lowest BCUT2D eigenvalue weighted by Crippen LogP contribution is -2.32. The van der Waals surface area contributed by atoms with E-state index in [1.165, 1.54) is 25.7 Å². The minimum Gasteiger partial charge on any atom is -0.349 e. The molecule has 1 N–H and O–H groups in total. The Labute approximate surface area is 123 Å². The lowest BCUT2D eigenvalue weighted by Gasteiger charge is -2.21. The number of nitrogens with one attached hydrogen (secondary N) is 1. The summed E-state index contributed by atoms with van der Waals surface area (Å²) in [4.78, 5) is 20.5. The maximum Gasteiger partial charge on any atom is 0.291 e. The minimum absolute atomic E-state index is 0.192. The van der Waals surface area contributed by atoms with Gasteiger partial charge in [-0.25, -0.2) is 9.50 Å². The molecule has 0 saturated heterocycles. The molecule has 2 bridgehead atoms. The van der Waals surface area contributed by atoms with Crippen LogP contribution in [0, 0.1) is 24.7 Å². The number of carbonyl (C=O) groups excluding carboxylic acids is 1. The summed E-state index contributed by atoms with van der Waals surface area (Å²) >= 11 is 0. The number of nitrogens with zero attached hydrogens (tertiary/aromatic N) is 4. The molecule has 3 unspecified atom stereocenters. The molecule has 2 aromatic heterocycles. The lowest BCUT2D eigenvalue weighted by atomic mass is 9.89. The predicted octanol–water partition coefficient (Wildman–Crippen LogP) is 1.60. The van der Waals surface area contributed by atoms with Crippen LogP contribution in [-0.4, -0.2) is 32.0 Å². The quantitative estimate of drug-likeness (QED) is 0.929. The van der Waals surface area contributed by atoms with Gasteiger partial charge in [-0.15, -0.1) is 5.10 Å². The molecule has 3 atom stereocenters. The Balaban J connectivity index is 1.45. The number of hydrogen-bond acceptors (Lipinski definition) is 4. The summed E-state index contributed by atoms with van der Waals surface area (Å²) in [6.07, 6.45) is 7.02. The lowest BCUT2D eigenvalue weighted by molar-refractivity contribution is 0.0931. The van der Waals surface area contributed by atoms with Crippen LogP contribution >= 0.6 is 0 Å². The fourth-order valence-corrected chi connectivity index (χ4v) is 3.93. The van der Waals surface area contributed by atoms with E-state index >= 15 is 0 Å². The Morgan fingerprint density at radius 3 is 3.05 bits per heavy atom. The summed E-state index contributed by atoms with van der Waals surface area (Å²) in [5.41, 5.74) is 0.916. The second-order valence-electron chi connectivity index (χ2n) is 6.38. The number of aromatic nitrogens is 4. The first-order valence-corrected chi connectivity index (χ1v) is 7.67. The highest BCUT2D eigenvalue weighted by molar-refractivity contribution is 5.90. The van der Waals surface area contributed by atoms with Crippen molar-refractivity contribution in [2.24, 2.45) is 17.8 Å². The van der Waals surface area contributed by atoms with Gasteiger partial charge in [-0.1, -0.05) is 6.42 Å². The monoisotopic (exact) mass is 285 g/mol. The largest absolute Gasteiger partial charge is 0.349 e. The van der Waals surface area contributed by atoms with Gasteiger partial charge in [0.25, 0.3) is 11.7 Å². The minimum atomic E-state index is -0.192. The van der Waals surface area contributed by atoms with E-state index in [4.69, 9.17) is 0 Å². The van der Waals surface area contributed by atoms with Crippen LogP contribution in [0.5, 0.6) is 0 Å². The molecule has 110 valence electrons. The Morgan fingerprint density at radius 2 is 2.33 bits per heavy atom. The van der Waals surface area contributed by atoms with Gasteiger partial charge in [0.1, 0.15) is 0 Å². The average molecular weight is 285 g/mol. The van der Waals surface area contributed by atoms with Crippen LogP contribution in [0.2, 0.25) is 0 Å². The van der Waals surface area contributed by atoms with Crippen LogP contribution in [0.25, 0.3) is 5.78 Å². The van der Waals surface area contributed by atoms with Gasteiger partial charge in [0, 0.05) is 18.4 Å². The van der Waals surface area contributed by atoms with Crippen LogP contribution in [0.4, 0.5) is 0 Å². The van der Waals surface area contributed by atoms with Gasteiger partial charge >= 0.3 is 0 Å². The maximum atomic E-state index is 12.2. The molecular formula is C15H19N5O. The van der Waals surface area contributed by atoms with E-state index in [0.717, 1.165) is 24.1 Å². The Bertz CT molecular complexity index is 694. The number of aryl methyl sites for hydroxylation is 1. The Hall–Kier alpha value is -1.98. The fraction of sp³-hybridized carbons (Fsp3) is 0.600. The predicted molar refractivity (Wildman–Crippen MR) is 76.8 cm³/mol. The zero-order valence-corrected chi connectivity index (χ0v) is 12.1. The fourth-order valence-electron chi connectivity index (χ4n) is 3.93. The maximum absolute atomic E-state index is 12.2. The van der Waals surface area contributed by atoms with Crippen LogP contribution in [-0.2, 0) is 0 Å². The van der Waals surface area contributed by atoms with Crippen molar-refractivity contribution in [3.63, 3.8) is 0 Å². The van der Waals surface area contributed by atoms with E-state index in [2.05, 4.69) is 20.4 Å². The molecule has 0 spiro atoms. The highest BCUT2D eigenvalue weighted by Gasteiger charge is 2.39. The third-order valence-electron chi connectivity index (χ3n) is 5.04. The first kappa shape index (κ1) is 12.7. The molecule has 6 heteroatoms. The second-order valence-corrected chi connectivity index (χ2v) is 6.38. The van der Waals surface area contributed by atoms with Crippen molar-refractivity contribution in [2.75, 3.05) is 6.54 Å². The SMILES string of the molecule is Cc1ccnc2nc(C(=O)NCC3CC4CCC3C4)nn12. The van der Waals surface area contributed by atoms with Crippen molar-refractivity contribution in [1.82, 2.24) is 24.9 Å². The summed E-state index contributed by atoms with van der Waals surface area (Å²) in [5.74, 6) is 2.85. The van der Waals surface area contributed by atoms with Gasteiger partial charge < -0.3 is 5.32 Å². The van der Waals surface area contributed by atoms with Crippen molar-refractivity contribution in [3.05, 3.63) is 23.8 Å². The van der Waals surface area contributed by atoms with E-state index in [1.54, 1.807) is 10.7 Å². The summed E-state index contributed by atoms with van der Waals surface area (Å²) < 4.78 is 1.60. The number of fused-ring (bicyclic) bond motifs is 3. The van der Waals surface area contributed by atoms with E-state index in [-0.39, 0.29) is 11.7 Å². The van der Waals surface area contributed by atoms with Gasteiger partial charge in [0.05, 0.1) is 0 Å². The second kappa shape index (κ2) is 4.79. The third-order valence-corrected chi connectivity index (χ3v) is 5.04. The molecule has 2 aliphatic carbocycles. The summed E-state index contributed by atoms with van der Waals surface area (Å²) in [6.45, 7) is 2.67. The van der Waals surface area contributed by atoms with Crippen LogP contribution in [0.1, 0.15) is 42.0 Å². The molecular weight excluding hydrogens is 266 g/mol. The normalized spacial score (nSPS) is 27.4. The number of rotatable bonds is 3. The van der Waals surface area contributed by atoms with Crippen molar-refractivity contribution >= 4 is 11.7 Å². The number of carbonyl (C=O) groups is 1. The molecule has 2 saturated carbocycles. The Kier molecular flexibility index (Phi) is 2.90. The molecule has 2 aromatic rings. The van der Waals surface area contributed by atoms with Crippen molar-refractivity contribution in [2.45, 2.75) is 32.6 Å². The van der Waals surface area contributed by atoms with E-state index < -0.39 is 0 Å². The molecule has 2 heterocycles. The first-order valence-electron chi connectivity index (χ1n) is 7.67. The van der Waals surface area contributed by atoms with Crippen LogP contribution in [0.15, 0.2) is 12.3 Å². The zero-order chi connectivity index (χ0) is 14.4. The smallest absolute Gasteiger partial charge is 0.291 e. The van der Waals surface area contributed by atoms with E-state index in [9.17, 15) is 4.79 Å². The molecule has 2 aliphatic rings. The number of amides is 1. The molecule has 0 aliphatic heterocycles. The topological polar surface area (TPSA) is 72.2 Å². The van der Waals surface area contributed by atoms with Gasteiger partial charge in [0.15, 0.2) is 0 Å². The van der Waals surface area contributed by atoms with Gasteiger partial charge in [-0.05, 0) is 50.0 Å². The van der Waals surface area contributed by atoms with Crippen molar-refractivity contribution < 1.29 is 4.79 Å². The summed E-state index contributed by atoms with van der Waals surface area (Å²) in [6, 6.07) is 1.85. The summed E-state index contributed by atoms with van der Waals surface area (Å²) in [5, 5.41) is 7.24. The van der Waals surface area contributed by atoms with E-state index in [0.29, 0.717) is 11.7 Å². The van der Waals surface area contributed by atoms with E-state index in [1.807, 2.05) is 13.0 Å². The average Bonchev–Trinajstić information content (AvgIpc) is 3.19. The first-order chi connectivity index (χ1) is 10.2. The standard InChI is InChI=1S/C15H19N5O/c1-9-4-5-16-15-18-13(19-20(9)15)14(21)17-8-12-7-10-2-3-11(12)6-10/h4-5,10-12H,2-3,6-8H2,1H3,(H,17,21). The van der Waals surface area contributed by atoms with Gasteiger partial charge in [-0.2, -0.15) is 4.98 Å². The van der Waals surface area contributed by atoms with Crippen molar-refractivity contribution in [1.29, 1.82) is 0 Å². The number of hydrogen-bond donors (Lipinski definition) is 1. The van der Waals surface area contributed by atoms with Gasteiger partial charge in [0.2, 0.25) is 5.82 Å². The molecule has 6 nitrogen and oxygen atoms in total. The Morgan fingerprint density at radius 1 is 1.43 bits per heavy atom. The highest BCUT2D eigenvalue weighted by Crippen LogP contribution is 2.47. The van der Waals surface area contributed by atoms with Crippen LogP contribution in [0.3, 0.4) is 0 Å². The molecule has 21 heavy (non-hydrogen) atoms. The van der Waals surface area contributed by atoms with Crippen LogP contribution < -0.4 is 5.32 Å². The van der Waals surface area contributed by atoms with Crippen molar-refractivity contribution in [3.8, 4) is 0 Å². The molecule has 1 amide bonds. The summed E-state index contributed by atoms with van der Waals surface area (Å²) in [7, 11) is 0. The molecule has 0 radical (unpaired) electrons. The third kappa shape index (κ3) is 2.18.